The van der Waals surface area contributed by atoms with Crippen molar-refractivity contribution >= 4 is 23.2 Å². The maximum atomic E-state index is 12.1. The normalized spacial score (nSPS) is 20.2. The Morgan fingerprint density at radius 2 is 1.81 bits per heavy atom. The van der Waals surface area contributed by atoms with Gasteiger partial charge in [0, 0.05) is 12.1 Å². The molecule has 2 aromatic rings. The Morgan fingerprint density at radius 1 is 1.08 bits per heavy atom. The van der Waals surface area contributed by atoms with E-state index in [1.807, 2.05) is 57.2 Å². The minimum Gasteiger partial charge on any atom is -0.491 e. The Balaban J connectivity index is 1.80. The summed E-state index contributed by atoms with van der Waals surface area (Å²) in [5.74, 6) is 4.57. The highest BCUT2D eigenvalue weighted by molar-refractivity contribution is 5.98. The van der Waals surface area contributed by atoms with E-state index in [0.717, 1.165) is 65.0 Å². The maximum absolute atomic E-state index is 12.1. The minimum absolute atomic E-state index is 0.137. The first-order valence-electron chi connectivity index (χ1n) is 14.0. The van der Waals surface area contributed by atoms with E-state index in [4.69, 9.17) is 14.5 Å². The number of benzene rings is 2. The van der Waals surface area contributed by atoms with Crippen LogP contribution in [0.4, 0.5) is 11.4 Å². The van der Waals surface area contributed by atoms with E-state index in [1.165, 1.54) is 32.8 Å². The van der Waals surface area contributed by atoms with Crippen molar-refractivity contribution in [3.8, 4) is 5.75 Å². The molecule has 0 unspecified atom stereocenters. The first-order valence-corrected chi connectivity index (χ1v) is 14.0. The number of ether oxygens (including phenoxy) is 2. The number of carbonyl (C=O) groups is 1. The van der Waals surface area contributed by atoms with E-state index in [0.29, 0.717) is 5.56 Å². The highest BCUT2D eigenvalue weighted by atomic mass is 16.5. The van der Waals surface area contributed by atoms with Crippen LogP contribution in [0.5, 0.6) is 5.75 Å². The number of anilines is 1. The Hall–Kier alpha value is -2.82. The number of aliphatic imine (C=N–C) groups is 1. The summed E-state index contributed by atoms with van der Waals surface area (Å²) in [6.45, 7) is 13.2. The fourth-order valence-corrected chi connectivity index (χ4v) is 5.59. The third-order valence-corrected chi connectivity index (χ3v) is 7.55. The van der Waals surface area contributed by atoms with E-state index in [-0.39, 0.29) is 12.1 Å². The Kier molecular flexibility index (Phi) is 10.6. The Labute approximate surface area is 224 Å². The van der Waals surface area contributed by atoms with Crippen LogP contribution in [-0.4, -0.2) is 25.0 Å². The summed E-state index contributed by atoms with van der Waals surface area (Å²) < 4.78 is 10.7. The molecule has 1 saturated carbocycles. The lowest BCUT2D eigenvalue weighted by molar-refractivity contribution is 0.0600. The smallest absolute Gasteiger partial charge is 0.337 e. The zero-order chi connectivity index (χ0) is 26.9. The Bertz CT molecular complexity index is 1040. The quantitative estimate of drug-likeness (QED) is 0.199. The van der Waals surface area contributed by atoms with Crippen LogP contribution < -0.4 is 10.1 Å². The van der Waals surface area contributed by atoms with Crippen LogP contribution in [0.25, 0.3) is 0 Å². The van der Waals surface area contributed by atoms with Crippen molar-refractivity contribution in [3.05, 3.63) is 53.6 Å². The highest BCUT2D eigenvalue weighted by Crippen LogP contribution is 2.40. The van der Waals surface area contributed by atoms with Gasteiger partial charge in [0.15, 0.2) is 0 Å². The van der Waals surface area contributed by atoms with Gasteiger partial charge < -0.3 is 14.8 Å². The molecule has 0 aliphatic heterocycles. The summed E-state index contributed by atoms with van der Waals surface area (Å²) in [6, 6.07) is 13.6. The van der Waals surface area contributed by atoms with Gasteiger partial charge in [-0.25, -0.2) is 9.79 Å². The summed E-state index contributed by atoms with van der Waals surface area (Å²) in [7, 11) is 1.40. The largest absolute Gasteiger partial charge is 0.491 e. The molecule has 0 saturated heterocycles. The van der Waals surface area contributed by atoms with Crippen LogP contribution in [0.3, 0.4) is 0 Å². The van der Waals surface area contributed by atoms with Crippen LogP contribution in [-0.2, 0) is 4.74 Å². The fourth-order valence-electron chi connectivity index (χ4n) is 5.59. The van der Waals surface area contributed by atoms with Gasteiger partial charge in [0.25, 0.3) is 0 Å². The molecule has 5 nitrogen and oxygen atoms in total. The van der Waals surface area contributed by atoms with Crippen LogP contribution in [0.15, 0.2) is 47.5 Å². The van der Waals surface area contributed by atoms with E-state index in [1.54, 1.807) is 6.07 Å². The first kappa shape index (κ1) is 28.7. The average molecular weight is 507 g/mol. The van der Waals surface area contributed by atoms with Crippen molar-refractivity contribution in [2.75, 3.05) is 12.4 Å². The summed E-state index contributed by atoms with van der Waals surface area (Å²) in [5.41, 5.74) is 3.30. The SMILES string of the molecule is COC(=O)c1ccc(C)c(N=C(CCC[C@@H]2C[C@H](C)CC[C@H]2C(C)C)Nc2ccc(OC(C)C)cc2)c1. The van der Waals surface area contributed by atoms with Crippen molar-refractivity contribution < 1.29 is 14.3 Å². The minimum atomic E-state index is -0.349. The summed E-state index contributed by atoms with van der Waals surface area (Å²) in [4.78, 5) is 17.1. The Morgan fingerprint density at radius 3 is 2.46 bits per heavy atom. The number of hydrogen-bond donors (Lipinski definition) is 1. The van der Waals surface area contributed by atoms with Gasteiger partial charge in [-0.3, -0.25) is 0 Å². The first-order chi connectivity index (χ1) is 17.7. The third kappa shape index (κ3) is 8.62. The summed E-state index contributed by atoms with van der Waals surface area (Å²) >= 11 is 0. The molecule has 0 radical (unpaired) electrons. The van der Waals surface area contributed by atoms with E-state index < -0.39 is 0 Å². The molecule has 2 aromatic carbocycles. The van der Waals surface area contributed by atoms with Crippen molar-refractivity contribution in [2.24, 2.45) is 28.7 Å². The highest BCUT2D eigenvalue weighted by Gasteiger charge is 2.30. The van der Waals surface area contributed by atoms with Crippen LogP contribution >= 0.6 is 0 Å². The second-order valence-electron chi connectivity index (χ2n) is 11.3. The molecule has 0 bridgehead atoms. The van der Waals surface area contributed by atoms with Crippen LogP contribution in [0.1, 0.15) is 89.1 Å². The molecular formula is C32H46N2O3. The van der Waals surface area contributed by atoms with E-state index >= 15 is 0 Å². The number of nitrogens with one attached hydrogen (secondary N) is 1. The number of carbonyl (C=O) groups excluding carboxylic acids is 1. The molecule has 5 heteroatoms. The molecule has 1 fully saturated rings. The second kappa shape index (κ2) is 13.6. The zero-order valence-corrected chi connectivity index (χ0v) is 23.8. The van der Waals surface area contributed by atoms with Crippen molar-refractivity contribution in [1.82, 2.24) is 0 Å². The number of nitrogens with zero attached hydrogens (tertiary/aromatic N) is 1. The van der Waals surface area contributed by atoms with E-state index in [9.17, 15) is 4.79 Å². The van der Waals surface area contributed by atoms with Gasteiger partial charge in [-0.15, -0.1) is 0 Å². The van der Waals surface area contributed by atoms with Crippen molar-refractivity contribution in [2.45, 2.75) is 86.2 Å². The molecule has 0 aromatic heterocycles. The maximum Gasteiger partial charge on any atom is 0.337 e. The lowest BCUT2D eigenvalue weighted by Crippen LogP contribution is -2.27. The fraction of sp³-hybridized carbons (Fsp3) is 0.562. The average Bonchev–Trinajstić information content (AvgIpc) is 2.85. The van der Waals surface area contributed by atoms with Gasteiger partial charge in [0.05, 0.1) is 24.5 Å². The molecule has 37 heavy (non-hydrogen) atoms. The number of aryl methyl sites for hydroxylation is 1. The topological polar surface area (TPSA) is 59.9 Å². The molecular weight excluding hydrogens is 460 g/mol. The lowest BCUT2D eigenvalue weighted by Gasteiger charge is -2.37. The molecule has 202 valence electrons. The molecule has 1 N–H and O–H groups in total. The summed E-state index contributed by atoms with van der Waals surface area (Å²) in [6.07, 6.45) is 7.33. The van der Waals surface area contributed by atoms with E-state index in [2.05, 4.69) is 26.1 Å². The van der Waals surface area contributed by atoms with Crippen LogP contribution in [0.2, 0.25) is 0 Å². The molecule has 0 heterocycles. The lowest BCUT2D eigenvalue weighted by atomic mass is 9.68. The predicted molar refractivity (Wildman–Crippen MR) is 154 cm³/mol. The number of amidine groups is 1. The van der Waals surface area contributed by atoms with Crippen molar-refractivity contribution in [3.63, 3.8) is 0 Å². The van der Waals surface area contributed by atoms with Gasteiger partial charge in [0.2, 0.25) is 0 Å². The molecule has 1 aliphatic rings. The molecule has 1 aliphatic carbocycles. The molecule has 0 amide bonds. The second-order valence-corrected chi connectivity index (χ2v) is 11.3. The van der Waals surface area contributed by atoms with Crippen LogP contribution in [0, 0.1) is 30.6 Å². The number of methoxy groups -OCH3 is 1. The number of rotatable bonds is 10. The van der Waals surface area contributed by atoms with Crippen molar-refractivity contribution in [1.29, 1.82) is 0 Å². The van der Waals surface area contributed by atoms with Gasteiger partial charge in [-0.05, 0) is 112 Å². The standard InChI is InChI=1S/C32H46N2O3/c1-21(2)29-18-11-23(5)19-25(29)9-8-10-31(33-27-14-16-28(17-15-27)37-22(3)4)34-30-20-26(32(35)36-7)13-12-24(30)6/h12-17,20-23,25,29H,8-11,18-19H2,1-7H3,(H,33,34)/t23-,25-,29+/m1/s1. The number of hydrogen-bond acceptors (Lipinski definition) is 4. The summed E-state index contributed by atoms with van der Waals surface area (Å²) in [5, 5.41) is 3.56. The predicted octanol–water partition coefficient (Wildman–Crippen LogP) is 8.59. The van der Waals surface area contributed by atoms with Gasteiger partial charge in [-0.2, -0.15) is 0 Å². The monoisotopic (exact) mass is 506 g/mol. The zero-order valence-electron chi connectivity index (χ0n) is 23.8. The molecule has 3 atom stereocenters. The number of esters is 1. The third-order valence-electron chi connectivity index (χ3n) is 7.55. The molecule has 3 rings (SSSR count). The van der Waals surface area contributed by atoms with Gasteiger partial charge >= 0.3 is 5.97 Å². The van der Waals surface area contributed by atoms with Gasteiger partial charge in [0.1, 0.15) is 11.6 Å². The van der Waals surface area contributed by atoms with Gasteiger partial charge in [-0.1, -0.05) is 33.3 Å². The molecule has 0 spiro atoms.